The Morgan fingerprint density at radius 2 is 2.20 bits per heavy atom. The average molecular weight is 723 g/mol. The first-order valence-corrected chi connectivity index (χ1v) is 18.0. The fourth-order valence-corrected chi connectivity index (χ4v) is 8.85. The molecule has 3 aliphatic heterocycles. The van der Waals surface area contributed by atoms with Gasteiger partial charge in [-0.1, -0.05) is 17.7 Å². The molecule has 0 radical (unpaired) electrons. The number of terminal acetylenes is 1. The molecule has 0 bridgehead atoms. The molecule has 3 aromatic rings. The van der Waals surface area contributed by atoms with E-state index in [9.17, 15) is 19.5 Å². The normalized spacial score (nSPS) is 19.7. The third kappa shape index (κ3) is 7.08. The maximum Gasteiger partial charge on any atom is 0.266 e. The van der Waals surface area contributed by atoms with Gasteiger partial charge in [-0.05, 0) is 17.7 Å². The van der Waals surface area contributed by atoms with Crippen molar-refractivity contribution in [2.24, 2.45) is 5.16 Å². The number of hydrogen-bond acceptors (Lipinski definition) is 13. The molecule has 2 aromatic heterocycles. The molecule has 254 valence electrons. The SMILES string of the molecule is C#CC(O/N=C\C(=O)NC1C(=O)N2C(C(=O)[O-])=C(CSc3cc[n+](CC=C)c4cc(N5CCNCC5)c(F)cc34)CSC12)c1csc(N)n1. The number of carbonyl (C=O) groups is 3. The van der Waals surface area contributed by atoms with Gasteiger partial charge in [-0.2, -0.15) is 4.57 Å². The highest BCUT2D eigenvalue weighted by atomic mass is 32.2. The van der Waals surface area contributed by atoms with Crippen LogP contribution in [0.5, 0.6) is 0 Å². The first kappa shape index (κ1) is 34.2. The van der Waals surface area contributed by atoms with Crippen LogP contribution in [0.3, 0.4) is 0 Å². The van der Waals surface area contributed by atoms with E-state index in [-0.39, 0.29) is 23.0 Å². The van der Waals surface area contributed by atoms with Gasteiger partial charge in [-0.3, -0.25) is 14.5 Å². The van der Waals surface area contributed by atoms with Crippen LogP contribution < -0.4 is 30.9 Å². The maximum atomic E-state index is 15.5. The van der Waals surface area contributed by atoms with Crippen LogP contribution in [-0.2, 0) is 25.8 Å². The lowest BCUT2D eigenvalue weighted by Gasteiger charge is -2.50. The zero-order valence-electron chi connectivity index (χ0n) is 26.0. The molecule has 2 fully saturated rings. The number of piperazine rings is 1. The van der Waals surface area contributed by atoms with Crippen molar-refractivity contribution in [3.8, 4) is 12.3 Å². The number of oxime groups is 1. The van der Waals surface area contributed by atoms with Crippen LogP contribution in [0.2, 0.25) is 0 Å². The van der Waals surface area contributed by atoms with Gasteiger partial charge in [0.2, 0.25) is 11.6 Å². The number of thiazole rings is 1. The van der Waals surface area contributed by atoms with Gasteiger partial charge >= 0.3 is 0 Å². The minimum Gasteiger partial charge on any atom is -0.543 e. The van der Waals surface area contributed by atoms with Crippen LogP contribution in [0.25, 0.3) is 10.9 Å². The maximum absolute atomic E-state index is 15.5. The van der Waals surface area contributed by atoms with E-state index in [0.717, 1.165) is 34.6 Å². The van der Waals surface area contributed by atoms with E-state index in [4.69, 9.17) is 17.0 Å². The number of rotatable bonds is 12. The zero-order chi connectivity index (χ0) is 34.7. The van der Waals surface area contributed by atoms with Crippen LogP contribution in [0.4, 0.5) is 15.2 Å². The number of aliphatic carboxylic acids is 1. The third-order valence-corrected chi connectivity index (χ3v) is 11.3. The van der Waals surface area contributed by atoms with Gasteiger partial charge in [0, 0.05) is 60.1 Å². The molecule has 49 heavy (non-hydrogen) atoms. The van der Waals surface area contributed by atoms with E-state index in [1.54, 1.807) is 11.5 Å². The number of halogens is 1. The number of carboxylic acid groups (broad SMARTS) is 1. The predicted molar refractivity (Wildman–Crippen MR) is 185 cm³/mol. The van der Waals surface area contributed by atoms with Crippen molar-refractivity contribution in [1.82, 2.24) is 20.5 Å². The Kier molecular flexibility index (Phi) is 10.4. The van der Waals surface area contributed by atoms with E-state index in [2.05, 4.69) is 33.3 Å². The summed E-state index contributed by atoms with van der Waals surface area (Å²) in [5, 5.41) is 23.7. The first-order chi connectivity index (χ1) is 23.7. The molecule has 17 heteroatoms. The number of allylic oxidation sites excluding steroid dienone is 1. The summed E-state index contributed by atoms with van der Waals surface area (Å²) in [4.78, 5) is 51.1. The summed E-state index contributed by atoms with van der Waals surface area (Å²) >= 11 is 3.84. The number of carboxylic acids is 1. The fourth-order valence-electron chi connectivity index (χ4n) is 5.75. The molecular formula is C32H31FN8O5S3. The number of fused-ring (bicyclic) bond motifs is 2. The molecule has 1 aromatic carbocycles. The summed E-state index contributed by atoms with van der Waals surface area (Å²) in [6.07, 6.45) is 8.99. The summed E-state index contributed by atoms with van der Waals surface area (Å²) in [6, 6.07) is 4.25. The third-order valence-electron chi connectivity index (χ3n) is 8.07. The monoisotopic (exact) mass is 722 g/mol. The van der Waals surface area contributed by atoms with Crippen molar-refractivity contribution in [2.45, 2.75) is 29.0 Å². The topological polar surface area (TPSA) is 169 Å². The number of carbonyl (C=O) groups excluding carboxylic acids is 3. The summed E-state index contributed by atoms with van der Waals surface area (Å²) in [6.45, 7) is 7.29. The second-order valence-corrected chi connectivity index (χ2v) is 14.1. The van der Waals surface area contributed by atoms with Crippen LogP contribution in [0, 0.1) is 18.2 Å². The standard InChI is InChI=1S/C32H31FN8O5S3/c1-3-8-39-9-5-25(19-12-20(33)23(13-22(19)39)40-10-6-35-7-11-40)47-15-18-16-48-30-27(29(43)41(30)28(18)31(44)45)38-26(42)14-36-46-24(4-2)21-17-49-32(34)37-21/h2-3,5,9,12-14,17,24,27,30,35H,1,6-8,10-11,15-16H2,(H3-,34,37,38,42,44,45)/b36-14-. The molecule has 3 atom stereocenters. The quantitative estimate of drug-likeness (QED) is 0.0460. The molecule has 0 aliphatic carbocycles. The number of pyridine rings is 1. The minimum absolute atomic E-state index is 0.219. The van der Waals surface area contributed by atoms with Gasteiger partial charge < -0.3 is 36.0 Å². The molecule has 6 rings (SSSR count). The van der Waals surface area contributed by atoms with Gasteiger partial charge in [0.25, 0.3) is 11.8 Å². The summed E-state index contributed by atoms with van der Waals surface area (Å²) in [5.41, 5.74) is 7.59. The highest BCUT2D eigenvalue weighted by molar-refractivity contribution is 8.01. The van der Waals surface area contributed by atoms with E-state index in [0.29, 0.717) is 47.1 Å². The fraction of sp³-hybridized carbons (Fsp3) is 0.312. The molecule has 5 heterocycles. The van der Waals surface area contributed by atoms with E-state index >= 15 is 4.39 Å². The van der Waals surface area contributed by atoms with Crippen LogP contribution in [-0.4, -0.2) is 83.0 Å². The number of amides is 2. The smallest absolute Gasteiger partial charge is 0.266 e. The number of thioether (sulfide) groups is 2. The van der Waals surface area contributed by atoms with Crippen molar-refractivity contribution in [3.63, 3.8) is 0 Å². The zero-order valence-corrected chi connectivity index (χ0v) is 28.4. The molecule has 0 saturated carbocycles. The number of nitrogen functional groups attached to an aromatic ring is 1. The number of anilines is 2. The second kappa shape index (κ2) is 14.9. The van der Waals surface area contributed by atoms with Gasteiger partial charge in [0.15, 0.2) is 17.9 Å². The molecule has 2 saturated heterocycles. The Labute approximate surface area is 293 Å². The number of nitrogens with one attached hydrogen (secondary N) is 2. The number of hydrogen-bond donors (Lipinski definition) is 3. The summed E-state index contributed by atoms with van der Waals surface area (Å²) in [5.74, 6) is -0.319. The number of nitrogens with zero attached hydrogens (tertiary/aromatic N) is 5. The average Bonchev–Trinajstić information content (AvgIpc) is 3.54. The van der Waals surface area contributed by atoms with Crippen LogP contribution in [0.15, 0.2) is 63.8 Å². The molecule has 4 N–H and O–H groups in total. The Bertz CT molecular complexity index is 1920. The van der Waals surface area contributed by atoms with Crippen molar-refractivity contribution in [2.75, 3.05) is 48.3 Å². The lowest BCUT2D eigenvalue weighted by atomic mass is 10.0. The minimum atomic E-state index is -1.49. The predicted octanol–water partition coefficient (Wildman–Crippen LogP) is 0.774. The first-order valence-electron chi connectivity index (χ1n) is 15.1. The van der Waals surface area contributed by atoms with Gasteiger partial charge in [-0.25, -0.2) is 9.37 Å². The van der Waals surface area contributed by atoms with E-state index in [1.807, 2.05) is 27.8 Å². The Morgan fingerprint density at radius 3 is 2.90 bits per heavy atom. The van der Waals surface area contributed by atoms with Crippen LogP contribution in [0.1, 0.15) is 11.8 Å². The summed E-state index contributed by atoms with van der Waals surface area (Å²) in [7, 11) is 0. The van der Waals surface area contributed by atoms with E-state index < -0.39 is 35.3 Å². The molecule has 3 aliphatic rings. The van der Waals surface area contributed by atoms with Gasteiger partial charge in [0.05, 0.1) is 22.7 Å². The Morgan fingerprint density at radius 1 is 1.41 bits per heavy atom. The number of benzene rings is 1. The highest BCUT2D eigenvalue weighted by Gasteiger charge is 2.52. The largest absolute Gasteiger partial charge is 0.543 e. The van der Waals surface area contributed by atoms with Crippen molar-refractivity contribution >= 4 is 80.6 Å². The van der Waals surface area contributed by atoms with E-state index in [1.165, 1.54) is 40.9 Å². The van der Waals surface area contributed by atoms with Crippen molar-refractivity contribution in [1.29, 1.82) is 0 Å². The Balaban J connectivity index is 1.15. The van der Waals surface area contributed by atoms with Crippen molar-refractivity contribution < 1.29 is 33.3 Å². The van der Waals surface area contributed by atoms with Crippen molar-refractivity contribution in [3.05, 3.63) is 65.2 Å². The number of aromatic nitrogens is 2. The summed E-state index contributed by atoms with van der Waals surface area (Å²) < 4.78 is 17.5. The second-order valence-electron chi connectivity index (χ2n) is 11.1. The molecular weight excluding hydrogens is 692 g/mol. The molecule has 13 nitrogen and oxygen atoms in total. The molecule has 0 spiro atoms. The molecule has 3 unspecified atom stereocenters. The highest BCUT2D eigenvalue weighted by Crippen LogP contribution is 2.42. The molecule has 2 amide bonds. The van der Waals surface area contributed by atoms with Gasteiger partial charge in [0.1, 0.15) is 29.1 Å². The lowest BCUT2D eigenvalue weighted by Crippen LogP contribution is -2.71. The lowest BCUT2D eigenvalue weighted by molar-refractivity contribution is -0.661. The Hall–Kier alpha value is -4.63. The van der Waals surface area contributed by atoms with Gasteiger partial charge in [-0.15, -0.1) is 41.3 Å². The van der Waals surface area contributed by atoms with Crippen LogP contribution >= 0.6 is 34.9 Å². The number of nitrogens with two attached hydrogens (primary N) is 1. The number of β-lactam (4-membered cyclic amide) rings is 1.